The lowest BCUT2D eigenvalue weighted by Gasteiger charge is -2.33. The minimum Gasteiger partial charge on any atom is -0.481 e. The van der Waals surface area contributed by atoms with E-state index in [4.69, 9.17) is 16.7 Å². The SMILES string of the molecule is O=C(O)CC1CCN(c2ccc(C(=O)NCCNC(=O)C3Sc4ccccc4C3Cl)cc2F)CC1. The fourth-order valence-electron chi connectivity index (χ4n) is 4.46. The topological polar surface area (TPSA) is 98.7 Å². The van der Waals surface area contributed by atoms with Crippen LogP contribution in [0, 0.1) is 11.7 Å². The Hall–Kier alpha value is -2.78. The smallest absolute Gasteiger partial charge is 0.303 e. The first kappa shape index (κ1) is 25.3. The van der Waals surface area contributed by atoms with E-state index in [2.05, 4.69) is 10.6 Å². The average molecular weight is 520 g/mol. The Morgan fingerprint density at radius 3 is 2.49 bits per heavy atom. The third-order valence-corrected chi connectivity index (χ3v) is 8.33. The van der Waals surface area contributed by atoms with Crippen molar-refractivity contribution in [2.24, 2.45) is 5.92 Å². The van der Waals surface area contributed by atoms with Gasteiger partial charge in [0.15, 0.2) is 0 Å². The fraction of sp³-hybridized carbons (Fsp3) is 0.400. The minimum absolute atomic E-state index is 0.107. The van der Waals surface area contributed by atoms with E-state index in [0.717, 1.165) is 10.5 Å². The van der Waals surface area contributed by atoms with Crippen molar-refractivity contribution in [2.45, 2.75) is 34.8 Å². The summed E-state index contributed by atoms with van der Waals surface area (Å²) in [6, 6.07) is 12.0. The number of nitrogens with zero attached hydrogens (tertiary/aromatic N) is 1. The number of carbonyl (C=O) groups excluding carboxylic acids is 2. The van der Waals surface area contributed by atoms with Crippen molar-refractivity contribution in [1.82, 2.24) is 10.6 Å². The van der Waals surface area contributed by atoms with Crippen molar-refractivity contribution in [3.8, 4) is 0 Å². The lowest BCUT2D eigenvalue weighted by Crippen LogP contribution is -2.39. The molecule has 2 aliphatic rings. The molecule has 186 valence electrons. The number of piperidine rings is 1. The van der Waals surface area contributed by atoms with E-state index in [0.29, 0.717) is 31.6 Å². The summed E-state index contributed by atoms with van der Waals surface area (Å²) in [6.45, 7) is 1.58. The Morgan fingerprint density at radius 2 is 1.80 bits per heavy atom. The van der Waals surface area contributed by atoms with Crippen LogP contribution in [0.2, 0.25) is 0 Å². The van der Waals surface area contributed by atoms with Crippen LogP contribution >= 0.6 is 23.4 Å². The zero-order chi connectivity index (χ0) is 24.9. The molecule has 10 heteroatoms. The summed E-state index contributed by atoms with van der Waals surface area (Å²) in [5.74, 6) is -1.81. The third kappa shape index (κ3) is 6.08. The molecular formula is C25H27ClFN3O4S. The summed E-state index contributed by atoms with van der Waals surface area (Å²) in [6.07, 6.45) is 1.51. The van der Waals surface area contributed by atoms with Crippen LogP contribution in [0.15, 0.2) is 47.4 Å². The number of hydrogen-bond acceptors (Lipinski definition) is 5. The average Bonchev–Trinajstić information content (AvgIpc) is 3.18. The molecular weight excluding hydrogens is 493 g/mol. The van der Waals surface area contributed by atoms with E-state index in [1.54, 1.807) is 12.1 Å². The molecule has 1 fully saturated rings. The number of amides is 2. The molecule has 0 radical (unpaired) electrons. The number of nitrogens with one attached hydrogen (secondary N) is 2. The molecule has 2 aromatic rings. The van der Waals surface area contributed by atoms with E-state index < -0.39 is 28.3 Å². The Bertz CT molecular complexity index is 1110. The number of anilines is 1. The molecule has 0 aromatic heterocycles. The molecule has 2 unspecified atom stereocenters. The lowest BCUT2D eigenvalue weighted by atomic mass is 9.93. The van der Waals surface area contributed by atoms with Gasteiger partial charge in [-0.15, -0.1) is 23.4 Å². The van der Waals surface area contributed by atoms with Crippen LogP contribution in [0.4, 0.5) is 10.1 Å². The zero-order valence-electron chi connectivity index (χ0n) is 19.0. The molecule has 4 rings (SSSR count). The molecule has 1 saturated heterocycles. The highest BCUT2D eigenvalue weighted by molar-refractivity contribution is 8.01. The number of halogens is 2. The molecule has 2 atom stereocenters. The summed E-state index contributed by atoms with van der Waals surface area (Å²) in [4.78, 5) is 38.7. The summed E-state index contributed by atoms with van der Waals surface area (Å²) < 4.78 is 14.7. The van der Waals surface area contributed by atoms with Crippen molar-refractivity contribution >= 4 is 46.8 Å². The van der Waals surface area contributed by atoms with Crippen LogP contribution < -0.4 is 15.5 Å². The van der Waals surface area contributed by atoms with Gasteiger partial charge in [0.25, 0.3) is 5.91 Å². The molecule has 2 aromatic carbocycles. The molecule has 3 N–H and O–H groups in total. The maximum Gasteiger partial charge on any atom is 0.303 e. The first-order valence-electron chi connectivity index (χ1n) is 11.6. The van der Waals surface area contributed by atoms with Crippen molar-refractivity contribution in [3.05, 3.63) is 59.4 Å². The Kier molecular flexibility index (Phi) is 8.18. The second-order valence-corrected chi connectivity index (χ2v) is 10.4. The van der Waals surface area contributed by atoms with Crippen LogP contribution in [0.5, 0.6) is 0 Å². The maximum atomic E-state index is 14.7. The highest BCUT2D eigenvalue weighted by Crippen LogP contribution is 2.47. The number of carboxylic acid groups (broad SMARTS) is 1. The predicted octanol–water partition coefficient (Wildman–Crippen LogP) is 3.82. The Labute approximate surface area is 212 Å². The normalized spacial score (nSPS) is 19.8. The van der Waals surface area contributed by atoms with Gasteiger partial charge < -0.3 is 20.6 Å². The van der Waals surface area contributed by atoms with Gasteiger partial charge in [0.1, 0.15) is 11.1 Å². The van der Waals surface area contributed by atoms with Crippen LogP contribution in [-0.2, 0) is 9.59 Å². The summed E-state index contributed by atoms with van der Waals surface area (Å²) in [5.41, 5.74) is 1.55. The van der Waals surface area contributed by atoms with E-state index in [1.807, 2.05) is 29.2 Å². The number of benzene rings is 2. The van der Waals surface area contributed by atoms with Gasteiger partial charge in [0, 0.05) is 43.1 Å². The fourth-order valence-corrected chi connectivity index (χ4v) is 6.20. The van der Waals surface area contributed by atoms with Crippen molar-refractivity contribution in [3.63, 3.8) is 0 Å². The molecule has 35 heavy (non-hydrogen) atoms. The standard InChI is InChI=1S/C25H27ClFN3O4S/c26-22-17-3-1-2-4-20(17)35-23(22)25(34)29-10-9-28-24(33)16-5-6-19(18(27)14-16)30-11-7-15(8-12-30)13-21(31)32/h1-6,14-15,22-23H,7-13H2,(H,28,33)(H,29,34)(H,31,32). The molecule has 0 saturated carbocycles. The second-order valence-electron chi connectivity index (χ2n) is 8.72. The number of alkyl halides is 1. The number of aliphatic carboxylic acids is 1. The monoisotopic (exact) mass is 519 g/mol. The van der Waals surface area contributed by atoms with Crippen LogP contribution in [0.1, 0.15) is 40.6 Å². The third-order valence-electron chi connectivity index (χ3n) is 6.33. The van der Waals surface area contributed by atoms with Crippen molar-refractivity contribution < 1.29 is 23.9 Å². The highest BCUT2D eigenvalue weighted by Gasteiger charge is 2.36. The van der Waals surface area contributed by atoms with E-state index in [1.165, 1.54) is 17.8 Å². The van der Waals surface area contributed by atoms with Crippen LogP contribution in [-0.4, -0.2) is 54.3 Å². The number of fused-ring (bicyclic) bond motifs is 1. The van der Waals surface area contributed by atoms with Gasteiger partial charge >= 0.3 is 5.97 Å². The molecule has 0 bridgehead atoms. The van der Waals surface area contributed by atoms with Crippen LogP contribution in [0.25, 0.3) is 0 Å². The number of carbonyl (C=O) groups is 3. The zero-order valence-corrected chi connectivity index (χ0v) is 20.6. The highest BCUT2D eigenvalue weighted by atomic mass is 35.5. The van der Waals surface area contributed by atoms with Crippen molar-refractivity contribution in [1.29, 1.82) is 0 Å². The molecule has 2 aliphatic heterocycles. The predicted molar refractivity (Wildman–Crippen MR) is 134 cm³/mol. The molecule has 0 spiro atoms. The molecule has 7 nitrogen and oxygen atoms in total. The lowest BCUT2D eigenvalue weighted by molar-refractivity contribution is -0.138. The summed E-state index contributed by atoms with van der Waals surface area (Å²) in [7, 11) is 0. The Balaban J connectivity index is 1.22. The largest absolute Gasteiger partial charge is 0.481 e. The summed E-state index contributed by atoms with van der Waals surface area (Å²) >= 11 is 7.87. The van der Waals surface area contributed by atoms with Gasteiger partial charge in [-0.05, 0) is 48.6 Å². The van der Waals surface area contributed by atoms with Gasteiger partial charge in [0.05, 0.1) is 11.1 Å². The van der Waals surface area contributed by atoms with Gasteiger partial charge in [-0.1, -0.05) is 18.2 Å². The van der Waals surface area contributed by atoms with Gasteiger partial charge in [-0.2, -0.15) is 0 Å². The van der Waals surface area contributed by atoms with E-state index >= 15 is 0 Å². The molecule has 2 amide bonds. The summed E-state index contributed by atoms with van der Waals surface area (Å²) in [5, 5.41) is 13.6. The number of hydrogen-bond donors (Lipinski definition) is 3. The van der Waals surface area contributed by atoms with Gasteiger partial charge in [-0.25, -0.2) is 4.39 Å². The second kappa shape index (κ2) is 11.3. The number of rotatable bonds is 8. The van der Waals surface area contributed by atoms with Gasteiger partial charge in [0.2, 0.25) is 5.91 Å². The number of carboxylic acids is 1. The first-order valence-corrected chi connectivity index (χ1v) is 12.9. The Morgan fingerprint density at radius 1 is 1.09 bits per heavy atom. The quantitative estimate of drug-likeness (QED) is 0.362. The maximum absolute atomic E-state index is 14.7. The molecule has 0 aliphatic carbocycles. The van der Waals surface area contributed by atoms with Crippen molar-refractivity contribution in [2.75, 3.05) is 31.1 Å². The number of thioether (sulfide) groups is 1. The first-order chi connectivity index (χ1) is 16.8. The van der Waals surface area contributed by atoms with Gasteiger partial charge in [-0.3, -0.25) is 14.4 Å². The van der Waals surface area contributed by atoms with Crippen LogP contribution in [0.3, 0.4) is 0 Å². The van der Waals surface area contributed by atoms with E-state index in [-0.39, 0.29) is 36.9 Å². The molecule has 2 heterocycles. The van der Waals surface area contributed by atoms with E-state index in [9.17, 15) is 18.8 Å². The minimum atomic E-state index is -0.809.